The van der Waals surface area contributed by atoms with Gasteiger partial charge in [0.25, 0.3) is 0 Å². The second-order valence-electron chi connectivity index (χ2n) is 10.4. The Bertz CT molecular complexity index is 1340. The number of hydrogen-bond donors (Lipinski definition) is 0. The third kappa shape index (κ3) is 7.97. The quantitative estimate of drug-likeness (QED) is 0.183. The number of carbonyl (C=O) groups is 3. The van der Waals surface area contributed by atoms with Gasteiger partial charge in [-0.2, -0.15) is 0 Å². The molecule has 2 heterocycles. The van der Waals surface area contributed by atoms with Crippen molar-refractivity contribution in [3.8, 4) is 17.1 Å². The van der Waals surface area contributed by atoms with Gasteiger partial charge in [-0.05, 0) is 46.2 Å². The Morgan fingerprint density at radius 3 is 2.24 bits per heavy atom. The second-order valence-corrected chi connectivity index (χ2v) is 11.4. The number of thioether (sulfide) groups is 1. The van der Waals surface area contributed by atoms with Gasteiger partial charge in [-0.1, -0.05) is 59.3 Å². The predicted molar refractivity (Wildman–Crippen MR) is 160 cm³/mol. The Morgan fingerprint density at radius 1 is 0.902 bits per heavy atom. The number of rotatable bonds is 11. The van der Waals surface area contributed by atoms with E-state index in [1.54, 1.807) is 23.6 Å². The molecule has 1 aliphatic rings. The molecule has 10 heteroatoms. The van der Waals surface area contributed by atoms with Crippen LogP contribution in [0.2, 0.25) is 0 Å². The summed E-state index contributed by atoms with van der Waals surface area (Å²) in [5.74, 6) is 1.18. The van der Waals surface area contributed by atoms with Gasteiger partial charge < -0.3 is 14.5 Å². The van der Waals surface area contributed by atoms with Crippen LogP contribution in [-0.2, 0) is 19.1 Å². The minimum Gasteiger partial charge on any atom is -0.466 e. The Hall–Kier alpha value is -3.66. The van der Waals surface area contributed by atoms with Crippen LogP contribution in [0.1, 0.15) is 50.7 Å². The van der Waals surface area contributed by atoms with Crippen LogP contribution in [0.4, 0.5) is 0 Å². The van der Waals surface area contributed by atoms with Gasteiger partial charge in [0.05, 0.1) is 13.0 Å². The standard InChI is InChI=1S/C31H39N5O4S/c1-5-40-29(39)17-16-28(38)35-19-18-34(21-24(35)4)27(37)7-6-20-41-31-33-32-30(25-12-8-22(2)9-13-25)36(31)26-14-10-23(3)11-15-26/h8-15,24H,5-7,16-21H2,1-4H3. The van der Waals surface area contributed by atoms with Crippen LogP contribution >= 0.6 is 11.8 Å². The first-order valence-electron chi connectivity index (χ1n) is 14.2. The van der Waals surface area contributed by atoms with Crippen LogP contribution in [0, 0.1) is 13.8 Å². The molecule has 1 atom stereocenters. The maximum atomic E-state index is 13.0. The fraction of sp³-hybridized carbons (Fsp3) is 0.452. The number of ether oxygens (including phenoxy) is 1. The summed E-state index contributed by atoms with van der Waals surface area (Å²) in [6.45, 7) is 9.61. The molecule has 2 aromatic carbocycles. The molecule has 41 heavy (non-hydrogen) atoms. The highest BCUT2D eigenvalue weighted by atomic mass is 32.2. The molecule has 0 radical (unpaired) electrons. The molecule has 2 amide bonds. The summed E-state index contributed by atoms with van der Waals surface area (Å²) >= 11 is 1.60. The van der Waals surface area contributed by atoms with Crippen molar-refractivity contribution >= 4 is 29.5 Å². The highest BCUT2D eigenvalue weighted by Gasteiger charge is 2.29. The van der Waals surface area contributed by atoms with Crippen molar-refractivity contribution in [2.45, 2.75) is 64.6 Å². The number of carbonyl (C=O) groups excluding carboxylic acids is 3. The van der Waals surface area contributed by atoms with Gasteiger partial charge in [-0.25, -0.2) is 0 Å². The molecule has 0 saturated carbocycles. The van der Waals surface area contributed by atoms with Gasteiger partial charge in [-0.15, -0.1) is 10.2 Å². The molecule has 1 aromatic heterocycles. The maximum Gasteiger partial charge on any atom is 0.306 e. The van der Waals surface area contributed by atoms with Crippen LogP contribution in [0.25, 0.3) is 17.1 Å². The third-order valence-electron chi connectivity index (χ3n) is 7.15. The first kappa shape index (κ1) is 30.3. The van der Waals surface area contributed by atoms with Crippen LogP contribution in [0.3, 0.4) is 0 Å². The topological polar surface area (TPSA) is 97.6 Å². The molecular formula is C31H39N5O4S. The molecular weight excluding hydrogens is 538 g/mol. The lowest BCUT2D eigenvalue weighted by Crippen LogP contribution is -2.55. The van der Waals surface area contributed by atoms with E-state index < -0.39 is 0 Å². The molecule has 4 rings (SSSR count). The summed E-state index contributed by atoms with van der Waals surface area (Å²) in [5.41, 5.74) is 4.37. The van der Waals surface area contributed by atoms with Crippen molar-refractivity contribution in [1.82, 2.24) is 24.6 Å². The van der Waals surface area contributed by atoms with Gasteiger partial charge in [0.1, 0.15) is 0 Å². The molecule has 1 fully saturated rings. The van der Waals surface area contributed by atoms with Crippen LogP contribution < -0.4 is 0 Å². The minimum atomic E-state index is -0.358. The Morgan fingerprint density at radius 2 is 1.59 bits per heavy atom. The van der Waals surface area contributed by atoms with Crippen molar-refractivity contribution in [2.24, 2.45) is 0 Å². The summed E-state index contributed by atoms with van der Waals surface area (Å²) in [7, 11) is 0. The van der Waals surface area contributed by atoms with Crippen molar-refractivity contribution in [2.75, 3.05) is 32.0 Å². The summed E-state index contributed by atoms with van der Waals surface area (Å²) in [6, 6.07) is 16.5. The Kier molecular flexibility index (Phi) is 10.6. The fourth-order valence-corrected chi connectivity index (χ4v) is 5.76. The molecule has 1 saturated heterocycles. The Balaban J connectivity index is 1.31. The third-order valence-corrected chi connectivity index (χ3v) is 8.17. The van der Waals surface area contributed by atoms with E-state index in [1.165, 1.54) is 11.1 Å². The van der Waals surface area contributed by atoms with E-state index in [2.05, 4.69) is 77.1 Å². The predicted octanol–water partition coefficient (Wildman–Crippen LogP) is 4.83. The number of aryl methyl sites for hydroxylation is 2. The van der Waals surface area contributed by atoms with Crippen LogP contribution in [0.15, 0.2) is 53.7 Å². The number of nitrogens with zero attached hydrogens (tertiary/aromatic N) is 5. The summed E-state index contributed by atoms with van der Waals surface area (Å²) in [5, 5.41) is 9.82. The van der Waals surface area contributed by atoms with E-state index in [0.717, 1.165) is 28.0 Å². The van der Waals surface area contributed by atoms with Crippen molar-refractivity contribution in [1.29, 1.82) is 0 Å². The second kappa shape index (κ2) is 14.3. The molecule has 218 valence electrons. The zero-order chi connectivity index (χ0) is 29.4. The number of aromatic nitrogens is 3. The van der Waals surface area contributed by atoms with E-state index in [4.69, 9.17) is 4.74 Å². The summed E-state index contributed by atoms with van der Waals surface area (Å²) < 4.78 is 7.00. The van der Waals surface area contributed by atoms with Crippen LogP contribution in [-0.4, -0.2) is 80.4 Å². The van der Waals surface area contributed by atoms with Gasteiger partial charge >= 0.3 is 5.97 Å². The highest BCUT2D eigenvalue weighted by molar-refractivity contribution is 7.99. The number of piperazine rings is 1. The van der Waals surface area contributed by atoms with E-state index in [1.807, 2.05) is 11.8 Å². The van der Waals surface area contributed by atoms with Gasteiger partial charge in [-0.3, -0.25) is 19.0 Å². The maximum absolute atomic E-state index is 13.0. The zero-order valence-corrected chi connectivity index (χ0v) is 25.2. The summed E-state index contributed by atoms with van der Waals surface area (Å²) in [4.78, 5) is 40.8. The summed E-state index contributed by atoms with van der Waals surface area (Å²) in [6.07, 6.45) is 1.35. The number of esters is 1. The molecule has 0 bridgehead atoms. The van der Waals surface area contributed by atoms with Crippen LogP contribution in [0.5, 0.6) is 0 Å². The average Bonchev–Trinajstić information content (AvgIpc) is 3.38. The number of amides is 2. The fourth-order valence-electron chi connectivity index (χ4n) is 4.86. The molecule has 1 unspecified atom stereocenters. The van der Waals surface area contributed by atoms with Crippen molar-refractivity contribution < 1.29 is 19.1 Å². The van der Waals surface area contributed by atoms with E-state index in [-0.39, 0.29) is 36.7 Å². The lowest BCUT2D eigenvalue weighted by Gasteiger charge is -2.40. The van der Waals surface area contributed by atoms with Gasteiger partial charge in [0, 0.05) is 55.5 Å². The lowest BCUT2D eigenvalue weighted by atomic mass is 10.1. The largest absolute Gasteiger partial charge is 0.466 e. The molecule has 3 aromatic rings. The average molecular weight is 578 g/mol. The first-order valence-corrected chi connectivity index (χ1v) is 15.2. The zero-order valence-electron chi connectivity index (χ0n) is 24.3. The van der Waals surface area contributed by atoms with E-state index in [0.29, 0.717) is 39.1 Å². The van der Waals surface area contributed by atoms with Gasteiger partial charge in [0.2, 0.25) is 11.8 Å². The number of benzene rings is 2. The Labute approximate surface area is 246 Å². The number of hydrogen-bond acceptors (Lipinski definition) is 7. The molecule has 9 nitrogen and oxygen atoms in total. The van der Waals surface area contributed by atoms with E-state index >= 15 is 0 Å². The van der Waals surface area contributed by atoms with Gasteiger partial charge in [0.15, 0.2) is 11.0 Å². The molecule has 0 aliphatic carbocycles. The molecule has 0 N–H and O–H groups in total. The first-order chi connectivity index (χ1) is 19.8. The lowest BCUT2D eigenvalue weighted by molar-refractivity contribution is -0.147. The van der Waals surface area contributed by atoms with E-state index in [9.17, 15) is 14.4 Å². The SMILES string of the molecule is CCOC(=O)CCC(=O)N1CCN(C(=O)CCCSc2nnc(-c3ccc(C)cc3)n2-c2ccc(C)cc2)CC1C. The smallest absolute Gasteiger partial charge is 0.306 e. The molecule has 0 spiro atoms. The highest BCUT2D eigenvalue weighted by Crippen LogP contribution is 2.29. The normalized spacial score (nSPS) is 15.2. The van der Waals surface area contributed by atoms with Crippen molar-refractivity contribution in [3.63, 3.8) is 0 Å². The monoisotopic (exact) mass is 577 g/mol. The minimum absolute atomic E-state index is 0.0725. The van der Waals surface area contributed by atoms with Crippen molar-refractivity contribution in [3.05, 3.63) is 59.7 Å². The molecule has 1 aliphatic heterocycles.